The van der Waals surface area contributed by atoms with Gasteiger partial charge in [0, 0.05) is 22.3 Å². The van der Waals surface area contributed by atoms with Gasteiger partial charge >= 0.3 is 0 Å². The summed E-state index contributed by atoms with van der Waals surface area (Å²) in [5, 5.41) is 3.60. The molecule has 3 rings (SSSR count). The standard InChI is InChI=1S/C18H20BrNO/c1-12-4-3-5-13(6-12)14-7-16(8-14)20-17-9-15(19)10-18(11-17)21-2/h3-6,9-11,14,16,20H,7-8H2,1-2H3. The minimum atomic E-state index is 0.550. The summed E-state index contributed by atoms with van der Waals surface area (Å²) in [5.41, 5.74) is 3.94. The number of ether oxygens (including phenoxy) is 1. The number of hydrogen-bond donors (Lipinski definition) is 1. The first-order valence-corrected chi connectivity index (χ1v) is 8.11. The monoisotopic (exact) mass is 345 g/mol. The molecule has 1 saturated carbocycles. The minimum absolute atomic E-state index is 0.550. The lowest BCUT2D eigenvalue weighted by Crippen LogP contribution is -2.34. The van der Waals surface area contributed by atoms with Gasteiger partial charge in [-0.1, -0.05) is 45.8 Å². The fraction of sp³-hybridized carbons (Fsp3) is 0.333. The SMILES string of the molecule is COc1cc(Br)cc(NC2CC(c3cccc(C)c3)C2)c1. The van der Waals surface area contributed by atoms with Crippen molar-refractivity contribution in [3.63, 3.8) is 0 Å². The van der Waals surface area contributed by atoms with Crippen molar-refractivity contribution < 1.29 is 4.74 Å². The van der Waals surface area contributed by atoms with E-state index in [0.29, 0.717) is 12.0 Å². The maximum Gasteiger partial charge on any atom is 0.122 e. The van der Waals surface area contributed by atoms with Gasteiger partial charge in [-0.25, -0.2) is 0 Å². The van der Waals surface area contributed by atoms with Gasteiger partial charge < -0.3 is 10.1 Å². The van der Waals surface area contributed by atoms with Crippen molar-refractivity contribution in [2.75, 3.05) is 12.4 Å². The van der Waals surface area contributed by atoms with Crippen molar-refractivity contribution in [2.24, 2.45) is 0 Å². The topological polar surface area (TPSA) is 21.3 Å². The first-order valence-electron chi connectivity index (χ1n) is 7.32. The Hall–Kier alpha value is -1.48. The maximum atomic E-state index is 5.30. The molecule has 0 radical (unpaired) electrons. The van der Waals surface area contributed by atoms with Crippen molar-refractivity contribution in [2.45, 2.75) is 31.7 Å². The Bertz CT molecular complexity index is 635. The van der Waals surface area contributed by atoms with Crippen LogP contribution >= 0.6 is 15.9 Å². The third-order valence-electron chi connectivity index (χ3n) is 4.13. The van der Waals surface area contributed by atoms with Gasteiger partial charge in [0.25, 0.3) is 0 Å². The van der Waals surface area contributed by atoms with E-state index in [-0.39, 0.29) is 0 Å². The molecule has 2 aromatic carbocycles. The number of anilines is 1. The predicted molar refractivity (Wildman–Crippen MR) is 91.3 cm³/mol. The normalized spacial score (nSPS) is 20.7. The molecule has 0 spiro atoms. The molecule has 21 heavy (non-hydrogen) atoms. The molecule has 2 nitrogen and oxygen atoms in total. The molecule has 1 aliphatic carbocycles. The van der Waals surface area contributed by atoms with Crippen molar-refractivity contribution in [3.8, 4) is 5.75 Å². The Labute approximate surface area is 134 Å². The van der Waals surface area contributed by atoms with E-state index < -0.39 is 0 Å². The lowest BCUT2D eigenvalue weighted by molar-refractivity contribution is 0.373. The summed E-state index contributed by atoms with van der Waals surface area (Å²) in [6.07, 6.45) is 2.39. The molecule has 0 aliphatic heterocycles. The largest absolute Gasteiger partial charge is 0.497 e. The number of benzene rings is 2. The fourth-order valence-corrected chi connectivity index (χ4v) is 3.40. The second-order valence-corrected chi connectivity index (χ2v) is 6.72. The van der Waals surface area contributed by atoms with E-state index in [1.54, 1.807) is 7.11 Å². The lowest BCUT2D eigenvalue weighted by atomic mass is 9.75. The van der Waals surface area contributed by atoms with Crippen LogP contribution in [-0.2, 0) is 0 Å². The molecule has 3 heteroatoms. The van der Waals surface area contributed by atoms with Crippen LogP contribution in [0.2, 0.25) is 0 Å². The summed E-state index contributed by atoms with van der Waals surface area (Å²) in [4.78, 5) is 0. The molecule has 0 unspecified atom stereocenters. The highest BCUT2D eigenvalue weighted by molar-refractivity contribution is 9.10. The molecule has 2 aromatic rings. The molecule has 110 valence electrons. The Balaban J connectivity index is 1.61. The van der Waals surface area contributed by atoms with Crippen LogP contribution in [0, 0.1) is 6.92 Å². The van der Waals surface area contributed by atoms with Crippen LogP contribution in [0.15, 0.2) is 46.9 Å². The highest BCUT2D eigenvalue weighted by Gasteiger charge is 2.30. The van der Waals surface area contributed by atoms with Crippen molar-refractivity contribution in [1.82, 2.24) is 0 Å². The number of nitrogens with one attached hydrogen (secondary N) is 1. The van der Waals surface area contributed by atoms with Crippen molar-refractivity contribution >= 4 is 21.6 Å². The summed E-state index contributed by atoms with van der Waals surface area (Å²) in [6.45, 7) is 2.16. The predicted octanol–water partition coefficient (Wildman–Crippen LogP) is 5.12. The molecule has 0 saturated heterocycles. The number of aryl methyl sites for hydroxylation is 1. The average Bonchev–Trinajstić information content (AvgIpc) is 2.41. The Kier molecular flexibility index (Phi) is 4.20. The van der Waals surface area contributed by atoms with Crippen LogP contribution in [0.5, 0.6) is 5.75 Å². The first-order chi connectivity index (χ1) is 10.1. The van der Waals surface area contributed by atoms with Gasteiger partial charge in [-0.15, -0.1) is 0 Å². The molecule has 1 aliphatic rings. The minimum Gasteiger partial charge on any atom is -0.497 e. The van der Waals surface area contributed by atoms with E-state index in [2.05, 4.69) is 58.5 Å². The Morgan fingerprint density at radius 2 is 1.95 bits per heavy atom. The average molecular weight is 346 g/mol. The van der Waals surface area contributed by atoms with E-state index in [0.717, 1.165) is 15.9 Å². The first kappa shape index (κ1) is 14.5. The number of hydrogen-bond acceptors (Lipinski definition) is 2. The Morgan fingerprint density at radius 1 is 1.14 bits per heavy atom. The quantitative estimate of drug-likeness (QED) is 0.829. The molecule has 0 amide bonds. The zero-order valence-corrected chi connectivity index (χ0v) is 14.0. The molecular weight excluding hydrogens is 326 g/mol. The smallest absolute Gasteiger partial charge is 0.122 e. The van der Waals surface area contributed by atoms with Gasteiger partial charge in [0.15, 0.2) is 0 Å². The van der Waals surface area contributed by atoms with Crippen LogP contribution < -0.4 is 10.1 Å². The van der Waals surface area contributed by atoms with Gasteiger partial charge in [0.2, 0.25) is 0 Å². The van der Waals surface area contributed by atoms with Crippen LogP contribution in [0.4, 0.5) is 5.69 Å². The Morgan fingerprint density at radius 3 is 2.67 bits per heavy atom. The van der Waals surface area contributed by atoms with Crippen molar-refractivity contribution in [3.05, 3.63) is 58.1 Å². The van der Waals surface area contributed by atoms with Gasteiger partial charge in [-0.2, -0.15) is 0 Å². The zero-order chi connectivity index (χ0) is 14.8. The maximum absolute atomic E-state index is 5.30. The highest BCUT2D eigenvalue weighted by atomic mass is 79.9. The third kappa shape index (κ3) is 3.41. The van der Waals surface area contributed by atoms with Crippen LogP contribution in [0.25, 0.3) is 0 Å². The van der Waals surface area contributed by atoms with E-state index >= 15 is 0 Å². The van der Waals surface area contributed by atoms with Gasteiger partial charge in [0.1, 0.15) is 5.75 Å². The van der Waals surface area contributed by atoms with Crippen LogP contribution in [0.1, 0.15) is 29.9 Å². The molecular formula is C18H20BrNO. The summed E-state index contributed by atoms with van der Waals surface area (Å²) in [7, 11) is 1.70. The molecule has 0 bridgehead atoms. The molecule has 0 atom stereocenters. The van der Waals surface area contributed by atoms with Crippen LogP contribution in [0.3, 0.4) is 0 Å². The summed E-state index contributed by atoms with van der Waals surface area (Å²) >= 11 is 3.52. The van der Waals surface area contributed by atoms with Crippen LogP contribution in [-0.4, -0.2) is 13.2 Å². The molecule has 0 aromatic heterocycles. The lowest BCUT2D eigenvalue weighted by Gasteiger charge is -2.37. The third-order valence-corrected chi connectivity index (χ3v) is 4.59. The van der Waals surface area contributed by atoms with Gasteiger partial charge in [-0.3, -0.25) is 0 Å². The molecule has 0 heterocycles. The van der Waals surface area contributed by atoms with E-state index in [1.165, 1.54) is 24.0 Å². The second-order valence-electron chi connectivity index (χ2n) is 5.80. The second kappa shape index (κ2) is 6.10. The van der Waals surface area contributed by atoms with Gasteiger partial charge in [0.05, 0.1) is 7.11 Å². The summed E-state index contributed by atoms with van der Waals surface area (Å²) in [5.74, 6) is 1.57. The molecule has 1 N–H and O–H groups in total. The fourth-order valence-electron chi connectivity index (χ4n) is 2.93. The van der Waals surface area contributed by atoms with E-state index in [4.69, 9.17) is 4.74 Å². The zero-order valence-electron chi connectivity index (χ0n) is 12.4. The number of rotatable bonds is 4. The van der Waals surface area contributed by atoms with E-state index in [1.807, 2.05) is 12.1 Å². The van der Waals surface area contributed by atoms with E-state index in [9.17, 15) is 0 Å². The summed E-state index contributed by atoms with van der Waals surface area (Å²) in [6, 6.07) is 15.5. The number of halogens is 1. The van der Waals surface area contributed by atoms with Crippen molar-refractivity contribution in [1.29, 1.82) is 0 Å². The highest BCUT2D eigenvalue weighted by Crippen LogP contribution is 2.39. The molecule has 1 fully saturated rings. The number of methoxy groups -OCH3 is 1. The summed E-state index contributed by atoms with van der Waals surface area (Å²) < 4.78 is 6.34. The van der Waals surface area contributed by atoms with Gasteiger partial charge in [-0.05, 0) is 43.4 Å².